The Bertz CT molecular complexity index is 174. The zero-order valence-corrected chi connectivity index (χ0v) is 10.4. The summed E-state index contributed by atoms with van der Waals surface area (Å²) in [6.45, 7) is 8.00. The lowest BCUT2D eigenvalue weighted by Gasteiger charge is -1.98. The van der Waals surface area contributed by atoms with Crippen LogP contribution in [0.5, 0.6) is 5.75 Å². The molecule has 0 saturated carbocycles. The van der Waals surface area contributed by atoms with Crippen molar-refractivity contribution in [2.45, 2.75) is 32.6 Å². The fraction of sp³-hybridized carbons (Fsp3) is 0.455. The Morgan fingerprint density at radius 1 is 1.00 bits per heavy atom. The largest absolute Gasteiger partial charge is 0.497 e. The van der Waals surface area contributed by atoms with Crippen LogP contribution in [0.2, 0.25) is 0 Å². The van der Waals surface area contributed by atoms with Gasteiger partial charge in [0.2, 0.25) is 0 Å². The molecule has 0 saturated heterocycles. The lowest BCUT2D eigenvalue weighted by molar-refractivity contribution is 0.414. The van der Waals surface area contributed by atoms with E-state index in [-0.39, 0.29) is 0 Å². The van der Waals surface area contributed by atoms with Crippen LogP contribution in [0.3, 0.4) is 0 Å². The van der Waals surface area contributed by atoms with Crippen molar-refractivity contribution in [3.63, 3.8) is 0 Å². The molecule has 0 spiro atoms. The summed E-state index contributed by atoms with van der Waals surface area (Å²) in [4.78, 5) is 0.820. The number of ether oxygens (including phenoxy) is 1. The molecule has 0 aromatic heterocycles. The van der Waals surface area contributed by atoms with Crippen LogP contribution in [0.25, 0.3) is 0 Å². The van der Waals surface area contributed by atoms with E-state index < -0.39 is 0 Å². The van der Waals surface area contributed by atoms with Crippen molar-refractivity contribution in [2.75, 3.05) is 7.11 Å². The van der Waals surface area contributed by atoms with Gasteiger partial charge in [0.05, 0.1) is 7.11 Å². The number of methoxy groups -OCH3 is 1. The van der Waals surface area contributed by atoms with Crippen molar-refractivity contribution in [1.29, 1.82) is 0 Å². The van der Waals surface area contributed by atoms with Gasteiger partial charge in [-0.1, -0.05) is 27.7 Å². The summed E-state index contributed by atoms with van der Waals surface area (Å²) in [5.74, 6) is 0.804. The molecule has 0 aliphatic heterocycles. The van der Waals surface area contributed by atoms with Gasteiger partial charge in [0.15, 0.2) is 0 Å². The second-order valence-corrected chi connectivity index (χ2v) is 2.42. The van der Waals surface area contributed by atoms with Gasteiger partial charge in [0, 0.05) is 16.9 Å². The molecular weight excluding hydrogens is 196 g/mol. The molecule has 0 unspecified atom stereocenters. The van der Waals surface area contributed by atoms with E-state index in [1.54, 1.807) is 31.4 Å². The monoisotopic (exact) mass is 216 g/mol. The Balaban J connectivity index is 0. The first-order valence-electron chi connectivity index (χ1n) is 4.82. The van der Waals surface area contributed by atoms with Crippen LogP contribution < -0.4 is 4.74 Å². The third-order valence-corrected chi connectivity index (χ3v) is 1.65. The maximum atomic E-state index is 8.58. The van der Waals surface area contributed by atoms with Gasteiger partial charge in [-0.25, -0.2) is 0 Å². The molecule has 0 heterocycles. The van der Waals surface area contributed by atoms with E-state index >= 15 is 0 Å². The van der Waals surface area contributed by atoms with Crippen molar-refractivity contribution < 1.29 is 9.29 Å². The molecule has 0 fully saturated rings. The van der Waals surface area contributed by atoms with Gasteiger partial charge in [-0.15, -0.1) is 0 Å². The van der Waals surface area contributed by atoms with Gasteiger partial charge < -0.3 is 9.29 Å². The highest BCUT2D eigenvalue weighted by Crippen LogP contribution is 2.17. The standard InChI is InChI=1S/C7H8O2S.2C2H6/c1-9-6-2-4-7(10-8)5-3-6;2*1-2/h2-5,8H,1H3;2*1-2H3. The van der Waals surface area contributed by atoms with E-state index in [0.29, 0.717) is 0 Å². The molecule has 0 amide bonds. The molecule has 0 bridgehead atoms. The molecule has 0 atom stereocenters. The topological polar surface area (TPSA) is 29.5 Å². The average Bonchev–Trinajstić information content (AvgIpc) is 2.34. The highest BCUT2D eigenvalue weighted by atomic mass is 32.2. The van der Waals surface area contributed by atoms with Gasteiger partial charge in [0.25, 0.3) is 0 Å². The Kier molecular flexibility index (Phi) is 13.9. The lowest BCUT2D eigenvalue weighted by Crippen LogP contribution is -1.80. The van der Waals surface area contributed by atoms with Gasteiger partial charge >= 0.3 is 0 Å². The normalized spacial score (nSPS) is 7.57. The molecule has 0 radical (unpaired) electrons. The summed E-state index contributed by atoms with van der Waals surface area (Å²) in [7, 11) is 1.61. The summed E-state index contributed by atoms with van der Waals surface area (Å²) in [6.07, 6.45) is 0. The first-order valence-corrected chi connectivity index (χ1v) is 5.59. The van der Waals surface area contributed by atoms with Gasteiger partial charge in [0.1, 0.15) is 5.75 Å². The fourth-order valence-electron chi connectivity index (χ4n) is 0.637. The number of benzene rings is 1. The first kappa shape index (κ1) is 15.8. The Hall–Kier alpha value is -0.670. The number of rotatable bonds is 2. The zero-order chi connectivity index (χ0) is 11.4. The molecule has 1 rings (SSSR count). The molecule has 0 aliphatic rings. The highest BCUT2D eigenvalue weighted by Gasteiger charge is 1.90. The van der Waals surface area contributed by atoms with Crippen LogP contribution in [-0.4, -0.2) is 11.7 Å². The average molecular weight is 216 g/mol. The maximum Gasteiger partial charge on any atom is 0.118 e. The zero-order valence-electron chi connectivity index (χ0n) is 9.57. The second kappa shape index (κ2) is 12.3. The van der Waals surface area contributed by atoms with Crippen LogP contribution in [-0.2, 0) is 0 Å². The number of hydrogen-bond acceptors (Lipinski definition) is 3. The molecule has 1 aromatic rings. The van der Waals surface area contributed by atoms with Crippen LogP contribution in [0.15, 0.2) is 29.2 Å². The van der Waals surface area contributed by atoms with Crippen molar-refractivity contribution in [3.05, 3.63) is 24.3 Å². The second-order valence-electron chi connectivity index (χ2n) is 1.77. The molecule has 0 aliphatic carbocycles. The third kappa shape index (κ3) is 6.80. The van der Waals surface area contributed by atoms with E-state index in [0.717, 1.165) is 22.7 Å². The molecule has 1 N–H and O–H groups in total. The Labute approximate surface area is 91.5 Å². The van der Waals surface area contributed by atoms with Crippen molar-refractivity contribution in [1.82, 2.24) is 0 Å². The summed E-state index contributed by atoms with van der Waals surface area (Å²) in [5, 5.41) is 0. The van der Waals surface area contributed by atoms with Crippen LogP contribution in [0.4, 0.5) is 0 Å². The summed E-state index contributed by atoms with van der Waals surface area (Å²) in [6, 6.07) is 7.20. The quantitative estimate of drug-likeness (QED) is 0.747. The molecule has 3 heteroatoms. The van der Waals surface area contributed by atoms with Crippen molar-refractivity contribution in [2.24, 2.45) is 0 Å². The summed E-state index contributed by atoms with van der Waals surface area (Å²) < 4.78 is 13.5. The first-order chi connectivity index (χ1) is 6.86. The van der Waals surface area contributed by atoms with Gasteiger partial charge in [-0.3, -0.25) is 0 Å². The predicted octanol–water partition coefficient (Wildman–Crippen LogP) is 4.31. The van der Waals surface area contributed by atoms with E-state index in [4.69, 9.17) is 9.29 Å². The minimum Gasteiger partial charge on any atom is -0.497 e. The summed E-state index contributed by atoms with van der Waals surface area (Å²) >= 11 is 0.732. The predicted molar refractivity (Wildman–Crippen MR) is 64.2 cm³/mol. The van der Waals surface area contributed by atoms with Crippen LogP contribution >= 0.6 is 12.0 Å². The van der Waals surface area contributed by atoms with Crippen molar-refractivity contribution >= 4 is 12.0 Å². The fourth-order valence-corrected chi connectivity index (χ4v) is 0.894. The van der Waals surface area contributed by atoms with E-state index in [9.17, 15) is 0 Å². The summed E-state index contributed by atoms with van der Waals surface area (Å²) in [5.41, 5.74) is 0. The Morgan fingerprint density at radius 3 is 1.71 bits per heavy atom. The van der Waals surface area contributed by atoms with Crippen LogP contribution in [0.1, 0.15) is 27.7 Å². The number of hydrogen-bond donors (Lipinski definition) is 1. The van der Waals surface area contributed by atoms with E-state index in [2.05, 4.69) is 0 Å². The molecule has 2 nitrogen and oxygen atoms in total. The van der Waals surface area contributed by atoms with E-state index in [1.807, 2.05) is 27.7 Å². The third-order valence-electron chi connectivity index (χ3n) is 1.16. The molecule has 14 heavy (non-hydrogen) atoms. The molecular formula is C11H20O2S. The van der Waals surface area contributed by atoms with Crippen LogP contribution in [0, 0.1) is 0 Å². The lowest BCUT2D eigenvalue weighted by atomic mass is 10.3. The van der Waals surface area contributed by atoms with Gasteiger partial charge in [-0.2, -0.15) is 0 Å². The minimum absolute atomic E-state index is 0.732. The van der Waals surface area contributed by atoms with E-state index in [1.165, 1.54) is 0 Å². The molecule has 82 valence electrons. The molecule has 1 aromatic carbocycles. The maximum absolute atomic E-state index is 8.58. The minimum atomic E-state index is 0.732. The van der Waals surface area contributed by atoms with Crippen molar-refractivity contribution in [3.8, 4) is 5.75 Å². The SMILES string of the molecule is CC.CC.COc1ccc(SO)cc1. The smallest absolute Gasteiger partial charge is 0.118 e. The highest BCUT2D eigenvalue weighted by molar-refractivity contribution is 7.93. The van der Waals surface area contributed by atoms with Gasteiger partial charge in [-0.05, 0) is 24.3 Å². The Morgan fingerprint density at radius 2 is 1.43 bits per heavy atom.